The van der Waals surface area contributed by atoms with E-state index in [-0.39, 0.29) is 40.7 Å². The number of amides is 2. The lowest BCUT2D eigenvalue weighted by atomic mass is 9.85. The Bertz CT molecular complexity index is 1180. The second kappa shape index (κ2) is 14.9. The molecule has 1 aliphatic carbocycles. The molecule has 1 heterocycles. The minimum absolute atomic E-state index is 0.107. The Labute approximate surface area is 241 Å². The van der Waals surface area contributed by atoms with Gasteiger partial charge in [0.1, 0.15) is 6.10 Å². The SMILES string of the molecule is CO[C@H]1/C=C\C=C(/C)C(=O)NC2=CC(=O)C(N(C)C)=C(C[C@@H](C)C[C@H](OC)[C@H](O)[C@@H](C)/C=C(\C)[C@@H]1OC(N)=O)C2=O. The minimum atomic E-state index is -0.996. The summed E-state index contributed by atoms with van der Waals surface area (Å²) in [7, 11) is 6.30. The van der Waals surface area contributed by atoms with Crippen molar-refractivity contribution >= 4 is 23.6 Å². The number of ether oxygens (including phenoxy) is 3. The maximum absolute atomic E-state index is 13.5. The summed E-state index contributed by atoms with van der Waals surface area (Å²) in [5.74, 6) is -2.00. The van der Waals surface area contributed by atoms with Crippen molar-refractivity contribution in [2.75, 3.05) is 28.3 Å². The van der Waals surface area contributed by atoms with Crippen molar-refractivity contribution in [1.29, 1.82) is 0 Å². The molecule has 6 atom stereocenters. The molecule has 1 aliphatic heterocycles. The number of carbonyl (C=O) groups excluding carboxylic acids is 4. The summed E-state index contributed by atoms with van der Waals surface area (Å²) in [5, 5.41) is 13.8. The quantitative estimate of drug-likeness (QED) is 0.339. The number of Topliss-reactive ketones (excluding diaryl/α,β-unsaturated/α-hetero) is 1. The first-order valence-corrected chi connectivity index (χ1v) is 13.5. The van der Waals surface area contributed by atoms with Gasteiger partial charge >= 0.3 is 6.09 Å². The summed E-state index contributed by atoms with van der Waals surface area (Å²) < 4.78 is 16.6. The van der Waals surface area contributed by atoms with Gasteiger partial charge in [-0.2, -0.15) is 0 Å². The van der Waals surface area contributed by atoms with Gasteiger partial charge < -0.3 is 35.3 Å². The zero-order valence-corrected chi connectivity index (χ0v) is 25.1. The molecule has 0 saturated carbocycles. The number of aliphatic hydroxyl groups excluding tert-OH is 1. The average Bonchev–Trinajstić information content (AvgIpc) is 2.89. The van der Waals surface area contributed by atoms with Crippen molar-refractivity contribution < 1.29 is 38.5 Å². The molecular weight excluding hydrogens is 530 g/mol. The van der Waals surface area contributed by atoms with E-state index in [1.807, 2.05) is 13.8 Å². The van der Waals surface area contributed by atoms with E-state index in [1.165, 1.54) is 20.3 Å². The summed E-state index contributed by atoms with van der Waals surface area (Å²) in [6, 6.07) is 0. The van der Waals surface area contributed by atoms with Crippen molar-refractivity contribution in [2.45, 2.75) is 65.0 Å². The predicted molar refractivity (Wildman–Crippen MR) is 153 cm³/mol. The Hall–Kier alpha value is -3.54. The highest BCUT2D eigenvalue weighted by atomic mass is 16.6. The van der Waals surface area contributed by atoms with E-state index in [4.69, 9.17) is 19.9 Å². The van der Waals surface area contributed by atoms with Crippen LogP contribution in [0.2, 0.25) is 0 Å². The van der Waals surface area contributed by atoms with Crippen LogP contribution < -0.4 is 11.1 Å². The number of nitrogens with one attached hydrogen (secondary N) is 1. The lowest BCUT2D eigenvalue weighted by Crippen LogP contribution is -2.37. The fraction of sp³-hybridized carbons (Fsp3) is 0.533. The van der Waals surface area contributed by atoms with Crippen LogP contribution in [0.15, 0.2) is 58.5 Å². The van der Waals surface area contributed by atoms with Crippen LogP contribution in [0, 0.1) is 11.8 Å². The number of primary amides is 1. The molecule has 0 radical (unpaired) electrons. The first kappa shape index (κ1) is 33.7. The number of ketones is 2. The second-order valence-corrected chi connectivity index (χ2v) is 10.8. The highest BCUT2D eigenvalue weighted by Gasteiger charge is 2.34. The van der Waals surface area contributed by atoms with Crippen molar-refractivity contribution in [1.82, 2.24) is 10.2 Å². The number of likely N-dealkylation sites (N-methyl/N-ethyl adjacent to an activating group) is 1. The summed E-state index contributed by atoms with van der Waals surface area (Å²) in [4.78, 5) is 52.8. The van der Waals surface area contributed by atoms with E-state index >= 15 is 0 Å². The molecule has 0 saturated heterocycles. The van der Waals surface area contributed by atoms with E-state index in [9.17, 15) is 24.3 Å². The van der Waals surface area contributed by atoms with Crippen LogP contribution in [-0.2, 0) is 28.6 Å². The first-order valence-electron chi connectivity index (χ1n) is 13.5. The number of fused-ring (bicyclic) bond motifs is 2. The van der Waals surface area contributed by atoms with Crippen LogP contribution in [-0.4, -0.2) is 86.3 Å². The number of nitrogens with zero attached hydrogens (tertiary/aromatic N) is 1. The maximum atomic E-state index is 13.5. The molecule has 0 unspecified atom stereocenters. The van der Waals surface area contributed by atoms with Gasteiger partial charge in [0.05, 0.1) is 23.6 Å². The highest BCUT2D eigenvalue weighted by Crippen LogP contribution is 2.30. The molecule has 0 spiro atoms. The number of aliphatic hydroxyl groups is 1. The maximum Gasteiger partial charge on any atom is 0.405 e. The number of carbonyl (C=O) groups is 4. The predicted octanol–water partition coefficient (Wildman–Crippen LogP) is 2.32. The molecular formula is C30H43N3O8. The summed E-state index contributed by atoms with van der Waals surface area (Å²) in [6.07, 6.45) is 3.93. The molecule has 2 amide bonds. The Morgan fingerprint density at radius 1 is 1.12 bits per heavy atom. The molecule has 226 valence electrons. The van der Waals surface area contributed by atoms with Crippen LogP contribution >= 0.6 is 0 Å². The molecule has 11 nitrogen and oxygen atoms in total. The van der Waals surface area contributed by atoms with Crippen LogP contribution in [0.4, 0.5) is 4.79 Å². The molecule has 0 fully saturated rings. The molecule has 0 aromatic carbocycles. The van der Waals surface area contributed by atoms with Crippen LogP contribution in [0.1, 0.15) is 40.5 Å². The summed E-state index contributed by atoms with van der Waals surface area (Å²) >= 11 is 0. The third-order valence-electron chi connectivity index (χ3n) is 7.21. The molecule has 2 rings (SSSR count). The van der Waals surface area contributed by atoms with Crippen LogP contribution in [0.25, 0.3) is 0 Å². The van der Waals surface area contributed by atoms with Crippen LogP contribution in [0.5, 0.6) is 0 Å². The molecule has 4 N–H and O–H groups in total. The fourth-order valence-corrected chi connectivity index (χ4v) is 5.06. The van der Waals surface area contributed by atoms with Crippen molar-refractivity contribution in [3.63, 3.8) is 0 Å². The molecule has 41 heavy (non-hydrogen) atoms. The number of allylic oxidation sites excluding steroid dienone is 4. The van der Waals surface area contributed by atoms with Gasteiger partial charge in [0.15, 0.2) is 6.10 Å². The van der Waals surface area contributed by atoms with Crippen molar-refractivity contribution in [3.05, 3.63) is 58.5 Å². The van der Waals surface area contributed by atoms with Gasteiger partial charge in [-0.15, -0.1) is 0 Å². The zero-order valence-electron chi connectivity index (χ0n) is 25.1. The third kappa shape index (κ3) is 8.72. The lowest BCUT2D eigenvalue weighted by Gasteiger charge is -2.30. The topological polar surface area (TPSA) is 157 Å². The minimum Gasteiger partial charge on any atom is -0.439 e. The first-order chi connectivity index (χ1) is 19.2. The van der Waals surface area contributed by atoms with E-state index in [2.05, 4.69) is 5.32 Å². The molecule has 0 aromatic rings. The Morgan fingerprint density at radius 2 is 1.78 bits per heavy atom. The van der Waals surface area contributed by atoms with E-state index < -0.39 is 48.1 Å². The normalized spacial score (nSPS) is 32.2. The number of hydrogen-bond donors (Lipinski definition) is 3. The Morgan fingerprint density at radius 3 is 2.34 bits per heavy atom. The monoisotopic (exact) mass is 573 g/mol. The lowest BCUT2D eigenvalue weighted by molar-refractivity contribution is -0.120. The molecule has 0 aromatic heterocycles. The molecule has 11 heteroatoms. The van der Waals surface area contributed by atoms with Gasteiger partial charge in [-0.3, -0.25) is 14.4 Å². The Kier molecular flexibility index (Phi) is 12.2. The largest absolute Gasteiger partial charge is 0.439 e. The van der Waals surface area contributed by atoms with Crippen LogP contribution in [0.3, 0.4) is 0 Å². The summed E-state index contributed by atoms with van der Waals surface area (Å²) in [6.45, 7) is 7.01. The molecule has 2 bridgehead atoms. The van der Waals surface area contributed by atoms with Gasteiger partial charge in [-0.05, 0) is 38.2 Å². The van der Waals surface area contributed by atoms with E-state index in [1.54, 1.807) is 51.1 Å². The number of nitrogens with two attached hydrogens (primary N) is 1. The Balaban J connectivity index is 2.63. The van der Waals surface area contributed by atoms with E-state index in [0.29, 0.717) is 12.0 Å². The average molecular weight is 574 g/mol. The van der Waals surface area contributed by atoms with Gasteiger partial charge in [-0.25, -0.2) is 4.79 Å². The van der Waals surface area contributed by atoms with Gasteiger partial charge in [0.2, 0.25) is 11.6 Å². The zero-order chi connectivity index (χ0) is 31.0. The standard InChI is InChI=1S/C30H43N3O8/c1-16-12-20-25(33(5)6)22(34)15-21(27(20)36)32-29(37)17(2)10-9-11-23(39-7)28(41-30(31)38)19(4)14-18(3)26(35)24(13-16)40-8/h9-11,14-16,18,23-24,26,28,35H,12-13H2,1-8H3,(H2,31,38)(H,32,37)/b11-9-,17-10+,19-14+/t16-,18+,23+,24+,26-,28+/m1/s1. The number of methoxy groups -OCH3 is 2. The smallest absolute Gasteiger partial charge is 0.405 e. The third-order valence-corrected chi connectivity index (χ3v) is 7.21. The second-order valence-electron chi connectivity index (χ2n) is 10.8. The van der Waals surface area contributed by atoms with Crippen molar-refractivity contribution in [3.8, 4) is 0 Å². The number of hydrogen-bond acceptors (Lipinski definition) is 9. The van der Waals surface area contributed by atoms with Gasteiger partial charge in [0, 0.05) is 51.5 Å². The van der Waals surface area contributed by atoms with Crippen molar-refractivity contribution in [2.24, 2.45) is 17.6 Å². The van der Waals surface area contributed by atoms with E-state index in [0.717, 1.165) is 6.08 Å². The van der Waals surface area contributed by atoms with Gasteiger partial charge in [-0.1, -0.05) is 38.2 Å². The fourth-order valence-electron chi connectivity index (χ4n) is 5.06. The highest BCUT2D eigenvalue weighted by molar-refractivity contribution is 6.23. The summed E-state index contributed by atoms with van der Waals surface area (Å²) in [5.41, 5.74) is 6.62. The number of rotatable bonds is 4. The molecule has 2 aliphatic rings. The van der Waals surface area contributed by atoms with Gasteiger partial charge in [0.25, 0.3) is 5.91 Å².